The number of hydrogen-bond donors (Lipinski definition) is 1. The molecule has 0 aliphatic rings. The van der Waals surface area contributed by atoms with Gasteiger partial charge in [0, 0.05) is 0 Å². The van der Waals surface area contributed by atoms with Crippen LogP contribution in [-0.4, -0.2) is 13.1 Å². The van der Waals surface area contributed by atoms with E-state index in [-0.39, 0.29) is 0 Å². The second-order valence-corrected chi connectivity index (χ2v) is 5.98. The summed E-state index contributed by atoms with van der Waals surface area (Å²) in [4.78, 5) is 0. The van der Waals surface area contributed by atoms with Gasteiger partial charge in [-0.25, -0.2) is 0 Å². The number of rotatable bonds is 10. The molecule has 1 aromatic rings. The number of aryl methyl sites for hydroxylation is 2. The highest BCUT2D eigenvalue weighted by molar-refractivity contribution is 5.22. The summed E-state index contributed by atoms with van der Waals surface area (Å²) in [5, 5.41) is 3.50. The van der Waals surface area contributed by atoms with Crippen LogP contribution in [0.3, 0.4) is 0 Å². The summed E-state index contributed by atoms with van der Waals surface area (Å²) in [6.45, 7) is 9.08. The van der Waals surface area contributed by atoms with Crippen LogP contribution in [0.15, 0.2) is 24.3 Å². The van der Waals surface area contributed by atoms with Gasteiger partial charge in [0.15, 0.2) is 0 Å². The van der Waals surface area contributed by atoms with E-state index in [0.717, 1.165) is 12.5 Å². The summed E-state index contributed by atoms with van der Waals surface area (Å²) in [7, 11) is 0. The Hall–Kier alpha value is -0.820. The minimum atomic E-state index is 0.765. The molecule has 0 fully saturated rings. The van der Waals surface area contributed by atoms with Crippen LogP contribution in [0, 0.1) is 5.92 Å². The molecule has 0 aliphatic carbocycles. The average molecular weight is 261 g/mol. The third-order valence-electron chi connectivity index (χ3n) is 3.43. The van der Waals surface area contributed by atoms with Crippen LogP contribution in [0.4, 0.5) is 0 Å². The van der Waals surface area contributed by atoms with Gasteiger partial charge in [-0.1, -0.05) is 57.9 Å². The molecule has 1 N–H and O–H groups in total. The van der Waals surface area contributed by atoms with Gasteiger partial charge in [0.25, 0.3) is 0 Å². The van der Waals surface area contributed by atoms with Gasteiger partial charge in [0.1, 0.15) is 0 Å². The molecule has 0 bridgehead atoms. The molecule has 0 saturated carbocycles. The maximum Gasteiger partial charge on any atom is -0.00258 e. The van der Waals surface area contributed by atoms with E-state index in [1.165, 1.54) is 56.2 Å². The quantitative estimate of drug-likeness (QED) is 0.607. The number of hydrogen-bond acceptors (Lipinski definition) is 1. The third kappa shape index (κ3) is 8.05. The van der Waals surface area contributed by atoms with E-state index in [4.69, 9.17) is 0 Å². The minimum Gasteiger partial charge on any atom is -0.316 e. The summed E-state index contributed by atoms with van der Waals surface area (Å²) in [6, 6.07) is 9.20. The van der Waals surface area contributed by atoms with E-state index >= 15 is 0 Å². The fourth-order valence-corrected chi connectivity index (χ4v) is 2.31. The topological polar surface area (TPSA) is 12.0 Å². The van der Waals surface area contributed by atoms with E-state index in [0.29, 0.717) is 0 Å². The Morgan fingerprint density at radius 3 is 2.11 bits per heavy atom. The van der Waals surface area contributed by atoms with Gasteiger partial charge in [0.2, 0.25) is 0 Å². The smallest absolute Gasteiger partial charge is 0.00258 e. The minimum absolute atomic E-state index is 0.765. The van der Waals surface area contributed by atoms with Crippen molar-refractivity contribution in [2.45, 2.75) is 59.3 Å². The lowest BCUT2D eigenvalue weighted by molar-refractivity contribution is 0.530. The second kappa shape index (κ2) is 10.0. The predicted molar refractivity (Wildman–Crippen MR) is 85.7 cm³/mol. The number of nitrogens with one attached hydrogen (secondary N) is 1. The van der Waals surface area contributed by atoms with Gasteiger partial charge >= 0.3 is 0 Å². The van der Waals surface area contributed by atoms with Crippen LogP contribution in [0.1, 0.15) is 57.6 Å². The zero-order chi connectivity index (χ0) is 13.9. The molecule has 1 heteroatoms. The van der Waals surface area contributed by atoms with Crippen molar-refractivity contribution in [1.82, 2.24) is 5.32 Å². The fourth-order valence-electron chi connectivity index (χ4n) is 2.31. The molecule has 0 aliphatic heterocycles. The maximum absolute atomic E-state index is 3.50. The first-order valence-electron chi connectivity index (χ1n) is 8.01. The molecule has 19 heavy (non-hydrogen) atoms. The van der Waals surface area contributed by atoms with Crippen LogP contribution < -0.4 is 5.32 Å². The summed E-state index contributed by atoms with van der Waals surface area (Å²) < 4.78 is 0. The van der Waals surface area contributed by atoms with Gasteiger partial charge in [-0.15, -0.1) is 0 Å². The normalized spacial score (nSPS) is 11.2. The molecule has 0 heterocycles. The van der Waals surface area contributed by atoms with Crippen LogP contribution in [0.5, 0.6) is 0 Å². The van der Waals surface area contributed by atoms with E-state index in [1.54, 1.807) is 0 Å². The first-order valence-corrected chi connectivity index (χ1v) is 8.01. The van der Waals surface area contributed by atoms with Gasteiger partial charge in [0.05, 0.1) is 0 Å². The molecule has 1 aromatic carbocycles. The van der Waals surface area contributed by atoms with Crippen molar-refractivity contribution >= 4 is 0 Å². The highest BCUT2D eigenvalue weighted by atomic mass is 14.8. The van der Waals surface area contributed by atoms with Gasteiger partial charge in [-0.2, -0.15) is 0 Å². The highest BCUT2D eigenvalue weighted by Crippen LogP contribution is 2.10. The lowest BCUT2D eigenvalue weighted by Crippen LogP contribution is -2.20. The van der Waals surface area contributed by atoms with Gasteiger partial charge < -0.3 is 5.32 Å². The van der Waals surface area contributed by atoms with Gasteiger partial charge in [-0.05, 0) is 55.8 Å². The molecule has 0 spiro atoms. The molecule has 0 saturated heterocycles. The molecule has 0 unspecified atom stereocenters. The van der Waals surface area contributed by atoms with Crippen molar-refractivity contribution in [2.24, 2.45) is 5.92 Å². The van der Waals surface area contributed by atoms with Crippen molar-refractivity contribution in [2.75, 3.05) is 13.1 Å². The van der Waals surface area contributed by atoms with Crippen LogP contribution in [-0.2, 0) is 12.8 Å². The zero-order valence-corrected chi connectivity index (χ0v) is 13.0. The van der Waals surface area contributed by atoms with E-state index in [9.17, 15) is 0 Å². The van der Waals surface area contributed by atoms with E-state index < -0.39 is 0 Å². The fraction of sp³-hybridized carbons (Fsp3) is 0.667. The third-order valence-corrected chi connectivity index (χ3v) is 3.43. The van der Waals surface area contributed by atoms with Crippen molar-refractivity contribution in [3.8, 4) is 0 Å². The molecular formula is C18H31N. The Morgan fingerprint density at radius 1 is 0.895 bits per heavy atom. The average Bonchev–Trinajstić information content (AvgIpc) is 2.39. The molecule has 0 aromatic heterocycles. The summed E-state index contributed by atoms with van der Waals surface area (Å²) in [5.41, 5.74) is 2.97. The largest absolute Gasteiger partial charge is 0.316 e. The predicted octanol–water partition coefficient (Wildman–Crippen LogP) is 4.60. The lowest BCUT2D eigenvalue weighted by atomic mass is 10.0. The number of unbranched alkanes of at least 4 members (excludes halogenated alkanes) is 2. The standard InChI is InChI=1S/C18H31N/c1-4-8-17-10-12-18(13-11-17)9-6-5-7-14-19-15-16(2)3/h10-13,16,19H,4-9,14-15H2,1-3H3. The summed E-state index contributed by atoms with van der Waals surface area (Å²) >= 11 is 0. The maximum atomic E-state index is 3.50. The molecule has 0 atom stereocenters. The Kier molecular flexibility index (Phi) is 8.57. The molecule has 0 amide bonds. The molecule has 0 radical (unpaired) electrons. The van der Waals surface area contributed by atoms with Crippen LogP contribution in [0.25, 0.3) is 0 Å². The molecular weight excluding hydrogens is 230 g/mol. The lowest BCUT2D eigenvalue weighted by Gasteiger charge is -2.07. The SMILES string of the molecule is CCCc1ccc(CCCCCNCC(C)C)cc1. The highest BCUT2D eigenvalue weighted by Gasteiger charge is 1.96. The van der Waals surface area contributed by atoms with Crippen molar-refractivity contribution in [3.05, 3.63) is 35.4 Å². The summed E-state index contributed by atoms with van der Waals surface area (Å²) in [5.74, 6) is 0.765. The van der Waals surface area contributed by atoms with Crippen molar-refractivity contribution in [1.29, 1.82) is 0 Å². The Balaban J connectivity index is 2.05. The Labute approximate surface area is 119 Å². The van der Waals surface area contributed by atoms with E-state index in [1.807, 2.05) is 0 Å². The van der Waals surface area contributed by atoms with Crippen LogP contribution in [0.2, 0.25) is 0 Å². The molecule has 108 valence electrons. The van der Waals surface area contributed by atoms with Crippen molar-refractivity contribution in [3.63, 3.8) is 0 Å². The second-order valence-electron chi connectivity index (χ2n) is 5.98. The monoisotopic (exact) mass is 261 g/mol. The van der Waals surface area contributed by atoms with E-state index in [2.05, 4.69) is 50.4 Å². The number of benzene rings is 1. The van der Waals surface area contributed by atoms with Crippen molar-refractivity contribution < 1.29 is 0 Å². The van der Waals surface area contributed by atoms with Gasteiger partial charge in [-0.3, -0.25) is 0 Å². The Bertz CT molecular complexity index is 313. The summed E-state index contributed by atoms with van der Waals surface area (Å²) in [6.07, 6.45) is 7.64. The molecule has 1 nitrogen and oxygen atoms in total. The molecule has 1 rings (SSSR count). The first-order chi connectivity index (χ1) is 9.22. The zero-order valence-electron chi connectivity index (χ0n) is 13.0. The Morgan fingerprint density at radius 2 is 1.53 bits per heavy atom. The van der Waals surface area contributed by atoms with Crippen LogP contribution >= 0.6 is 0 Å². The first kappa shape index (κ1) is 16.2.